The van der Waals surface area contributed by atoms with E-state index in [1.54, 1.807) is 0 Å². The number of hydrogen-bond acceptors (Lipinski definition) is 2. The smallest absolute Gasteiger partial charge is 0.228 e. The van der Waals surface area contributed by atoms with Crippen molar-refractivity contribution in [2.24, 2.45) is 17.3 Å². The number of carbonyl (C=O) groups excluding carboxylic acids is 2. The van der Waals surface area contributed by atoms with Gasteiger partial charge in [0.15, 0.2) is 0 Å². The minimum absolute atomic E-state index is 0.0712. The van der Waals surface area contributed by atoms with Crippen molar-refractivity contribution < 1.29 is 18.4 Å². The molecule has 2 N–H and O–H groups in total. The van der Waals surface area contributed by atoms with Gasteiger partial charge in [-0.25, -0.2) is 8.78 Å². The highest BCUT2D eigenvalue weighted by Crippen LogP contribution is 2.53. The van der Waals surface area contributed by atoms with E-state index in [0.717, 1.165) is 0 Å². The molecule has 2 atom stereocenters. The van der Waals surface area contributed by atoms with Gasteiger partial charge in [-0.3, -0.25) is 9.59 Å². The fourth-order valence-electron chi connectivity index (χ4n) is 3.54. The van der Waals surface area contributed by atoms with Crippen LogP contribution in [0.4, 0.5) is 20.2 Å². The highest BCUT2D eigenvalue weighted by atomic mass is 19.1. The number of halogens is 2. The minimum atomic E-state index is -0.358. The summed E-state index contributed by atoms with van der Waals surface area (Å²) in [5.41, 5.74) is 0.767. The lowest BCUT2D eigenvalue weighted by atomic mass is 9.53. The van der Waals surface area contributed by atoms with Crippen molar-refractivity contribution in [3.63, 3.8) is 0 Å². The van der Waals surface area contributed by atoms with E-state index in [0.29, 0.717) is 24.2 Å². The monoisotopic (exact) mass is 372 g/mol. The maximum absolute atomic E-state index is 13.0. The van der Waals surface area contributed by atoms with Gasteiger partial charge in [0.1, 0.15) is 11.6 Å². The Kier molecular flexibility index (Phi) is 5.26. The number of rotatable bonds is 5. The lowest BCUT2D eigenvalue weighted by Gasteiger charge is -2.51. The van der Waals surface area contributed by atoms with Crippen LogP contribution in [0.3, 0.4) is 0 Å². The number of anilines is 2. The number of hydrogen-bond donors (Lipinski definition) is 2. The zero-order valence-corrected chi connectivity index (χ0v) is 15.3. The van der Waals surface area contributed by atoms with E-state index in [9.17, 15) is 18.4 Å². The molecule has 0 unspecified atom stereocenters. The third kappa shape index (κ3) is 4.32. The molecule has 0 aliphatic heterocycles. The summed E-state index contributed by atoms with van der Waals surface area (Å²) in [5, 5.41) is 5.56. The van der Waals surface area contributed by atoms with Gasteiger partial charge in [0, 0.05) is 23.7 Å². The fourth-order valence-corrected chi connectivity index (χ4v) is 3.54. The van der Waals surface area contributed by atoms with Crippen molar-refractivity contribution in [1.82, 2.24) is 0 Å². The number of nitrogens with one attached hydrogen (secondary N) is 2. The third-order valence-electron chi connectivity index (χ3n) is 5.46. The third-order valence-corrected chi connectivity index (χ3v) is 5.46. The molecule has 0 heterocycles. The van der Waals surface area contributed by atoms with Gasteiger partial charge in [-0.2, -0.15) is 0 Å². The maximum atomic E-state index is 13.0. The zero-order chi connectivity index (χ0) is 19.6. The SMILES string of the molecule is CC1(C)[C@H](CC(=O)Nc2ccc(F)cc2)C[C@@H]1C(=O)Nc1ccc(F)cc1. The summed E-state index contributed by atoms with van der Waals surface area (Å²) >= 11 is 0. The Hall–Kier alpha value is -2.76. The molecular formula is C21H22F2N2O2. The van der Waals surface area contributed by atoms with Gasteiger partial charge in [-0.1, -0.05) is 13.8 Å². The van der Waals surface area contributed by atoms with Gasteiger partial charge in [-0.15, -0.1) is 0 Å². The molecule has 1 saturated carbocycles. The predicted octanol–water partition coefficient (Wildman–Crippen LogP) is 4.59. The molecule has 1 fully saturated rings. The first-order valence-corrected chi connectivity index (χ1v) is 8.87. The molecule has 0 aromatic heterocycles. The largest absolute Gasteiger partial charge is 0.326 e. The maximum Gasteiger partial charge on any atom is 0.228 e. The number of amides is 2. The second kappa shape index (κ2) is 7.47. The summed E-state index contributed by atoms with van der Waals surface area (Å²) < 4.78 is 25.9. The molecule has 27 heavy (non-hydrogen) atoms. The van der Waals surface area contributed by atoms with Crippen molar-refractivity contribution >= 4 is 23.2 Å². The molecule has 0 spiro atoms. The van der Waals surface area contributed by atoms with Gasteiger partial charge < -0.3 is 10.6 Å². The van der Waals surface area contributed by atoms with E-state index in [4.69, 9.17) is 0 Å². The van der Waals surface area contributed by atoms with E-state index in [2.05, 4.69) is 10.6 Å². The van der Waals surface area contributed by atoms with Crippen LogP contribution in [-0.4, -0.2) is 11.8 Å². The first-order valence-electron chi connectivity index (χ1n) is 8.87. The Labute approximate surface area is 157 Å². The summed E-state index contributed by atoms with van der Waals surface area (Å²) in [6.07, 6.45) is 0.904. The van der Waals surface area contributed by atoms with Crippen molar-refractivity contribution in [3.8, 4) is 0 Å². The highest BCUT2D eigenvalue weighted by molar-refractivity contribution is 5.94. The quantitative estimate of drug-likeness (QED) is 0.806. The van der Waals surface area contributed by atoms with Crippen LogP contribution in [0, 0.1) is 28.9 Å². The summed E-state index contributed by atoms with van der Waals surface area (Å²) in [6.45, 7) is 3.95. The van der Waals surface area contributed by atoms with Crippen LogP contribution in [0.15, 0.2) is 48.5 Å². The normalized spacial score (nSPS) is 20.4. The average Bonchev–Trinajstić information content (AvgIpc) is 2.62. The van der Waals surface area contributed by atoms with Crippen LogP contribution in [0.25, 0.3) is 0 Å². The van der Waals surface area contributed by atoms with Gasteiger partial charge in [0.2, 0.25) is 11.8 Å². The summed E-state index contributed by atoms with van der Waals surface area (Å²) in [5.74, 6) is -1.14. The Morgan fingerprint density at radius 3 is 1.89 bits per heavy atom. The second-order valence-electron chi connectivity index (χ2n) is 7.56. The molecule has 2 aromatic carbocycles. The van der Waals surface area contributed by atoms with E-state index >= 15 is 0 Å². The Bertz CT molecular complexity index is 832. The van der Waals surface area contributed by atoms with Crippen molar-refractivity contribution in [2.45, 2.75) is 26.7 Å². The van der Waals surface area contributed by atoms with Crippen molar-refractivity contribution in [1.29, 1.82) is 0 Å². The summed E-state index contributed by atoms with van der Waals surface area (Å²) in [6, 6.07) is 11.2. The van der Waals surface area contributed by atoms with Crippen LogP contribution in [0.2, 0.25) is 0 Å². The van der Waals surface area contributed by atoms with Crippen molar-refractivity contribution in [2.75, 3.05) is 10.6 Å². The second-order valence-corrected chi connectivity index (χ2v) is 7.56. The molecule has 1 aliphatic rings. The van der Waals surface area contributed by atoms with Crippen LogP contribution >= 0.6 is 0 Å². The van der Waals surface area contributed by atoms with Crippen LogP contribution < -0.4 is 10.6 Å². The van der Waals surface area contributed by atoms with Crippen LogP contribution in [0.1, 0.15) is 26.7 Å². The van der Waals surface area contributed by atoms with E-state index in [1.165, 1.54) is 48.5 Å². The van der Waals surface area contributed by atoms with Gasteiger partial charge >= 0.3 is 0 Å². The molecule has 0 bridgehead atoms. The molecule has 0 saturated heterocycles. The van der Waals surface area contributed by atoms with E-state index in [-0.39, 0.29) is 40.7 Å². The lowest BCUT2D eigenvalue weighted by molar-refractivity contribution is -0.138. The topological polar surface area (TPSA) is 58.2 Å². The molecule has 6 heteroatoms. The predicted molar refractivity (Wildman–Crippen MR) is 100 cm³/mol. The molecule has 142 valence electrons. The summed E-state index contributed by atoms with van der Waals surface area (Å²) in [7, 11) is 0. The van der Waals surface area contributed by atoms with Crippen molar-refractivity contribution in [3.05, 3.63) is 60.2 Å². The van der Waals surface area contributed by atoms with E-state index < -0.39 is 0 Å². The molecule has 4 nitrogen and oxygen atoms in total. The Morgan fingerprint density at radius 1 is 0.926 bits per heavy atom. The minimum Gasteiger partial charge on any atom is -0.326 e. The number of benzene rings is 2. The molecule has 2 aromatic rings. The first kappa shape index (κ1) is 19.0. The van der Waals surface area contributed by atoms with Crippen LogP contribution in [0.5, 0.6) is 0 Å². The Morgan fingerprint density at radius 2 is 1.41 bits per heavy atom. The first-order chi connectivity index (χ1) is 12.8. The van der Waals surface area contributed by atoms with E-state index in [1.807, 2.05) is 13.8 Å². The molecule has 0 radical (unpaired) electrons. The van der Waals surface area contributed by atoms with Gasteiger partial charge in [-0.05, 0) is 66.3 Å². The van der Waals surface area contributed by atoms with Gasteiger partial charge in [0.25, 0.3) is 0 Å². The molecular weight excluding hydrogens is 350 g/mol. The lowest BCUT2D eigenvalue weighted by Crippen LogP contribution is -2.51. The molecule has 1 aliphatic carbocycles. The standard InChI is InChI=1S/C21H22F2N2O2/c1-21(2)13(12-19(26)24-16-7-3-14(22)4-8-16)11-18(21)20(27)25-17-9-5-15(23)6-10-17/h3-10,13,18H,11-12H2,1-2H3,(H,24,26)(H,25,27)/t13-,18+/m0/s1. The zero-order valence-electron chi connectivity index (χ0n) is 15.3. The Balaban J connectivity index is 1.54. The summed E-state index contributed by atoms with van der Waals surface area (Å²) in [4.78, 5) is 24.8. The molecule has 2 amide bonds. The van der Waals surface area contributed by atoms with Crippen LogP contribution in [-0.2, 0) is 9.59 Å². The fraction of sp³-hybridized carbons (Fsp3) is 0.333. The van der Waals surface area contributed by atoms with Gasteiger partial charge in [0.05, 0.1) is 0 Å². The number of carbonyl (C=O) groups is 2. The molecule has 3 rings (SSSR count). The highest BCUT2D eigenvalue weighted by Gasteiger charge is 2.51. The average molecular weight is 372 g/mol.